The van der Waals surface area contributed by atoms with E-state index in [-0.39, 0.29) is 5.56 Å². The highest BCUT2D eigenvalue weighted by molar-refractivity contribution is 7.17. The molecule has 2 heterocycles. The molecule has 142 valence electrons. The SMILES string of the molecule is CCCc1nc2scc(-c3ccc(C)cc3C)c2c(=O)n1C(C)(C)C(=O)O. The predicted octanol–water partition coefficient (Wildman–Crippen LogP) is 4.51. The molecule has 3 aromatic rings. The van der Waals surface area contributed by atoms with E-state index < -0.39 is 11.5 Å². The van der Waals surface area contributed by atoms with Crippen LogP contribution in [-0.2, 0) is 16.8 Å². The maximum atomic E-state index is 13.5. The Morgan fingerprint density at radius 2 is 1.96 bits per heavy atom. The molecule has 0 aliphatic rings. The molecule has 0 saturated heterocycles. The van der Waals surface area contributed by atoms with Crippen molar-refractivity contribution in [2.45, 2.75) is 53.0 Å². The third kappa shape index (κ3) is 3.18. The number of nitrogens with zero attached hydrogens (tertiary/aromatic N) is 2. The summed E-state index contributed by atoms with van der Waals surface area (Å²) in [6.07, 6.45) is 1.33. The van der Waals surface area contributed by atoms with Crippen LogP contribution in [0.2, 0.25) is 0 Å². The summed E-state index contributed by atoms with van der Waals surface area (Å²) in [7, 11) is 0. The average molecular weight is 385 g/mol. The molecule has 0 amide bonds. The van der Waals surface area contributed by atoms with Gasteiger partial charge in [-0.15, -0.1) is 11.3 Å². The highest BCUT2D eigenvalue weighted by Crippen LogP contribution is 2.34. The molecule has 0 spiro atoms. The number of benzene rings is 1. The second kappa shape index (κ2) is 6.93. The van der Waals surface area contributed by atoms with E-state index in [0.717, 1.165) is 28.7 Å². The van der Waals surface area contributed by atoms with E-state index in [1.54, 1.807) is 13.8 Å². The number of aliphatic carboxylic acids is 1. The van der Waals surface area contributed by atoms with E-state index in [1.807, 2.05) is 38.3 Å². The lowest BCUT2D eigenvalue weighted by Gasteiger charge is -2.25. The molecule has 3 rings (SSSR count). The first-order chi connectivity index (χ1) is 12.7. The topological polar surface area (TPSA) is 72.2 Å². The number of fused-ring (bicyclic) bond motifs is 1. The van der Waals surface area contributed by atoms with E-state index in [0.29, 0.717) is 22.5 Å². The molecule has 0 atom stereocenters. The molecule has 0 radical (unpaired) electrons. The van der Waals surface area contributed by atoms with Crippen LogP contribution in [-0.4, -0.2) is 20.6 Å². The van der Waals surface area contributed by atoms with Gasteiger partial charge in [-0.3, -0.25) is 9.36 Å². The van der Waals surface area contributed by atoms with Gasteiger partial charge < -0.3 is 5.11 Å². The van der Waals surface area contributed by atoms with Gasteiger partial charge in [-0.05, 0) is 45.2 Å². The van der Waals surface area contributed by atoms with Crippen molar-refractivity contribution in [2.75, 3.05) is 0 Å². The third-order valence-corrected chi connectivity index (χ3v) is 5.78. The van der Waals surface area contributed by atoms with Crippen molar-refractivity contribution in [1.82, 2.24) is 9.55 Å². The number of hydrogen-bond donors (Lipinski definition) is 1. The number of aryl methyl sites for hydroxylation is 3. The van der Waals surface area contributed by atoms with Crippen LogP contribution in [0.15, 0.2) is 28.4 Å². The largest absolute Gasteiger partial charge is 0.480 e. The van der Waals surface area contributed by atoms with Gasteiger partial charge in [0, 0.05) is 17.4 Å². The number of aromatic nitrogens is 2. The number of carbonyl (C=O) groups is 1. The van der Waals surface area contributed by atoms with Crippen LogP contribution in [0.5, 0.6) is 0 Å². The fraction of sp³-hybridized carbons (Fsp3) is 0.381. The maximum Gasteiger partial charge on any atom is 0.329 e. The van der Waals surface area contributed by atoms with E-state index in [4.69, 9.17) is 0 Å². The van der Waals surface area contributed by atoms with Gasteiger partial charge in [0.05, 0.1) is 5.39 Å². The summed E-state index contributed by atoms with van der Waals surface area (Å²) in [4.78, 5) is 30.7. The average Bonchev–Trinajstić information content (AvgIpc) is 2.99. The molecule has 27 heavy (non-hydrogen) atoms. The summed E-state index contributed by atoms with van der Waals surface area (Å²) < 4.78 is 1.36. The number of hydrogen-bond acceptors (Lipinski definition) is 4. The zero-order valence-corrected chi connectivity index (χ0v) is 17.1. The Labute approximate surface area is 162 Å². The molecule has 0 aliphatic carbocycles. The zero-order valence-electron chi connectivity index (χ0n) is 16.3. The van der Waals surface area contributed by atoms with Crippen molar-refractivity contribution in [3.8, 4) is 11.1 Å². The molecule has 0 saturated carbocycles. The monoisotopic (exact) mass is 384 g/mol. The Morgan fingerprint density at radius 3 is 2.56 bits per heavy atom. The minimum Gasteiger partial charge on any atom is -0.480 e. The van der Waals surface area contributed by atoms with Gasteiger partial charge >= 0.3 is 5.97 Å². The van der Waals surface area contributed by atoms with Gasteiger partial charge in [0.25, 0.3) is 5.56 Å². The highest BCUT2D eigenvalue weighted by atomic mass is 32.1. The lowest BCUT2D eigenvalue weighted by atomic mass is 9.98. The van der Waals surface area contributed by atoms with Crippen LogP contribution in [0.3, 0.4) is 0 Å². The van der Waals surface area contributed by atoms with Gasteiger partial charge in [0.2, 0.25) is 0 Å². The van der Waals surface area contributed by atoms with Crippen LogP contribution in [0.1, 0.15) is 44.1 Å². The Balaban J connectivity index is 2.39. The first-order valence-corrected chi connectivity index (χ1v) is 9.91. The second-order valence-electron chi connectivity index (χ2n) is 7.43. The molecule has 0 bridgehead atoms. The van der Waals surface area contributed by atoms with Crippen molar-refractivity contribution < 1.29 is 9.90 Å². The normalized spacial score (nSPS) is 11.9. The number of thiophene rings is 1. The zero-order chi connectivity index (χ0) is 19.9. The summed E-state index contributed by atoms with van der Waals surface area (Å²) in [5, 5.41) is 12.2. The molecule has 1 aromatic carbocycles. The van der Waals surface area contributed by atoms with Crippen molar-refractivity contribution in [3.05, 3.63) is 50.9 Å². The Morgan fingerprint density at radius 1 is 1.26 bits per heavy atom. The number of carboxylic acids is 1. The van der Waals surface area contributed by atoms with Crippen LogP contribution < -0.4 is 5.56 Å². The van der Waals surface area contributed by atoms with Crippen LogP contribution in [0.4, 0.5) is 0 Å². The maximum absolute atomic E-state index is 13.5. The van der Waals surface area contributed by atoms with Gasteiger partial charge in [0.15, 0.2) is 0 Å². The molecule has 6 heteroatoms. The van der Waals surface area contributed by atoms with E-state index in [1.165, 1.54) is 15.9 Å². The van der Waals surface area contributed by atoms with Gasteiger partial charge in [-0.25, -0.2) is 9.78 Å². The van der Waals surface area contributed by atoms with Gasteiger partial charge in [-0.2, -0.15) is 0 Å². The Kier molecular flexibility index (Phi) is 4.95. The summed E-state index contributed by atoms with van der Waals surface area (Å²) in [6, 6.07) is 6.11. The van der Waals surface area contributed by atoms with Crippen LogP contribution in [0, 0.1) is 13.8 Å². The summed E-state index contributed by atoms with van der Waals surface area (Å²) in [6.45, 7) is 9.14. The lowest BCUT2D eigenvalue weighted by molar-refractivity contribution is -0.146. The molecule has 2 aromatic heterocycles. The fourth-order valence-electron chi connectivity index (χ4n) is 3.41. The summed E-state index contributed by atoms with van der Waals surface area (Å²) in [5.41, 5.74) is 2.38. The van der Waals surface area contributed by atoms with Crippen molar-refractivity contribution in [3.63, 3.8) is 0 Å². The van der Waals surface area contributed by atoms with Crippen LogP contribution in [0.25, 0.3) is 21.3 Å². The Hall–Kier alpha value is -2.47. The predicted molar refractivity (Wildman–Crippen MR) is 110 cm³/mol. The third-order valence-electron chi connectivity index (χ3n) is 4.91. The van der Waals surface area contributed by atoms with E-state index >= 15 is 0 Å². The van der Waals surface area contributed by atoms with Crippen molar-refractivity contribution in [1.29, 1.82) is 0 Å². The molecular formula is C21H24N2O3S. The highest BCUT2D eigenvalue weighted by Gasteiger charge is 2.34. The van der Waals surface area contributed by atoms with Crippen LogP contribution >= 0.6 is 11.3 Å². The quantitative estimate of drug-likeness (QED) is 0.702. The van der Waals surface area contributed by atoms with Crippen molar-refractivity contribution in [2.24, 2.45) is 0 Å². The Bertz CT molecular complexity index is 1090. The standard InChI is InChI=1S/C21H24N2O3S/c1-6-7-16-22-18-17(19(24)23(16)21(4,5)20(25)26)15(11-27-18)14-9-8-12(2)10-13(14)3/h8-11H,6-7H2,1-5H3,(H,25,26). The molecule has 0 aliphatic heterocycles. The number of rotatable bonds is 5. The van der Waals surface area contributed by atoms with Gasteiger partial charge in [0.1, 0.15) is 16.2 Å². The van der Waals surface area contributed by atoms with E-state index in [9.17, 15) is 14.7 Å². The van der Waals surface area contributed by atoms with Gasteiger partial charge in [-0.1, -0.05) is 30.7 Å². The molecule has 5 nitrogen and oxygen atoms in total. The first kappa shape index (κ1) is 19.3. The first-order valence-electron chi connectivity index (χ1n) is 9.03. The molecule has 1 N–H and O–H groups in total. The lowest BCUT2D eigenvalue weighted by Crippen LogP contribution is -2.44. The second-order valence-corrected chi connectivity index (χ2v) is 8.29. The van der Waals surface area contributed by atoms with E-state index in [2.05, 4.69) is 11.1 Å². The minimum absolute atomic E-state index is 0.285. The molecule has 0 fully saturated rings. The minimum atomic E-state index is -1.37. The fourth-order valence-corrected chi connectivity index (χ4v) is 4.36. The smallest absolute Gasteiger partial charge is 0.329 e. The molecular weight excluding hydrogens is 360 g/mol. The summed E-state index contributed by atoms with van der Waals surface area (Å²) in [5.74, 6) is -0.525. The number of carboxylic acid groups (broad SMARTS) is 1. The van der Waals surface area contributed by atoms with Crippen molar-refractivity contribution >= 4 is 27.5 Å². The molecule has 0 unspecified atom stereocenters. The summed E-state index contributed by atoms with van der Waals surface area (Å²) >= 11 is 1.43.